The molecule has 0 amide bonds. The molecule has 0 fully saturated rings. The Balaban J connectivity index is 2.62. The Bertz CT molecular complexity index is 749. The Morgan fingerprint density at radius 3 is 2.10 bits per heavy atom. The van der Waals surface area contributed by atoms with Gasteiger partial charge in [0.15, 0.2) is 0 Å². The van der Waals surface area contributed by atoms with E-state index in [4.69, 9.17) is 6.57 Å². The second kappa shape index (κ2) is 5.06. The van der Waals surface area contributed by atoms with Crippen LogP contribution in [0.4, 0.5) is 4.39 Å². The predicted octanol–water partition coefficient (Wildman–Crippen LogP) is 3.47. The first-order valence-corrected chi connectivity index (χ1v) is 7.34. The minimum absolute atomic E-state index is 0.185. The average Bonchev–Trinajstić information content (AvgIpc) is 2.47. The van der Waals surface area contributed by atoms with Crippen LogP contribution >= 0.6 is 0 Å². The third kappa shape index (κ3) is 2.19. The predicted molar refractivity (Wildman–Crippen MR) is 74.2 cm³/mol. The summed E-state index contributed by atoms with van der Waals surface area (Å²) in [6, 6.07) is 13.0. The van der Waals surface area contributed by atoms with Gasteiger partial charge in [-0.2, -0.15) is 0 Å². The van der Waals surface area contributed by atoms with Crippen molar-refractivity contribution in [2.24, 2.45) is 0 Å². The maximum Gasteiger partial charge on any atom is 0.503 e. The maximum atomic E-state index is 14.9. The summed E-state index contributed by atoms with van der Waals surface area (Å²) in [7, 11) is -4.44. The molecule has 2 aromatic carbocycles. The van der Waals surface area contributed by atoms with E-state index < -0.39 is 15.0 Å². The van der Waals surface area contributed by atoms with Crippen molar-refractivity contribution in [2.45, 2.75) is 16.9 Å². The highest BCUT2D eigenvalue weighted by molar-refractivity contribution is 7.92. The van der Waals surface area contributed by atoms with Crippen molar-refractivity contribution in [3.63, 3.8) is 0 Å². The lowest BCUT2D eigenvalue weighted by atomic mass is 10.2. The van der Waals surface area contributed by atoms with E-state index in [9.17, 15) is 12.8 Å². The van der Waals surface area contributed by atoms with Gasteiger partial charge >= 0.3 is 5.12 Å². The summed E-state index contributed by atoms with van der Waals surface area (Å²) in [4.78, 5) is 2.55. The summed E-state index contributed by atoms with van der Waals surface area (Å²) in [6.07, 6.45) is 0. The lowest BCUT2D eigenvalue weighted by Crippen LogP contribution is -2.27. The van der Waals surface area contributed by atoms with Crippen LogP contribution in [0, 0.1) is 13.5 Å². The van der Waals surface area contributed by atoms with Gasteiger partial charge in [-0.25, -0.2) is 15.0 Å². The number of benzene rings is 2. The molecule has 1 atom stereocenters. The van der Waals surface area contributed by atoms with Gasteiger partial charge in [-0.3, -0.25) is 4.85 Å². The van der Waals surface area contributed by atoms with E-state index in [1.165, 1.54) is 36.4 Å². The first kappa shape index (κ1) is 14.2. The van der Waals surface area contributed by atoms with E-state index in [1.807, 2.05) is 0 Å². The lowest BCUT2D eigenvalue weighted by molar-refractivity contribution is 0.334. The highest BCUT2D eigenvalue weighted by Crippen LogP contribution is 2.38. The topological polar surface area (TPSA) is 38.5 Å². The van der Waals surface area contributed by atoms with Crippen LogP contribution in [-0.4, -0.2) is 8.42 Å². The number of hydrogen-bond donors (Lipinski definition) is 0. The van der Waals surface area contributed by atoms with Crippen molar-refractivity contribution < 1.29 is 12.8 Å². The molecule has 1 unspecified atom stereocenters. The molecular weight excluding hydrogens is 277 g/mol. The highest BCUT2D eigenvalue weighted by Gasteiger charge is 2.54. The zero-order valence-corrected chi connectivity index (χ0v) is 11.6. The molecule has 0 aliphatic rings. The van der Waals surface area contributed by atoms with Crippen LogP contribution in [0.3, 0.4) is 0 Å². The van der Waals surface area contributed by atoms with Gasteiger partial charge in [-0.05, 0) is 31.2 Å². The van der Waals surface area contributed by atoms with Gasteiger partial charge < -0.3 is 0 Å². The quantitative estimate of drug-likeness (QED) is 0.641. The summed E-state index contributed by atoms with van der Waals surface area (Å²) in [6.45, 7) is 8.81. The van der Waals surface area contributed by atoms with Crippen LogP contribution in [-0.2, 0) is 15.0 Å². The van der Waals surface area contributed by atoms with Crippen LogP contribution < -0.4 is 0 Å². The fourth-order valence-corrected chi connectivity index (χ4v) is 3.17. The van der Waals surface area contributed by atoms with Crippen molar-refractivity contribution in [1.29, 1.82) is 0 Å². The van der Waals surface area contributed by atoms with Crippen molar-refractivity contribution in [3.8, 4) is 0 Å². The molecule has 0 aliphatic heterocycles. The normalized spacial score (nSPS) is 14.2. The summed E-state index contributed by atoms with van der Waals surface area (Å²) >= 11 is 0. The molecule has 102 valence electrons. The summed E-state index contributed by atoms with van der Waals surface area (Å²) < 4.78 is 39.7. The van der Waals surface area contributed by atoms with Crippen molar-refractivity contribution >= 4 is 9.84 Å². The van der Waals surface area contributed by atoms with E-state index in [-0.39, 0.29) is 10.5 Å². The molecule has 2 rings (SSSR count). The lowest BCUT2D eigenvalue weighted by Gasteiger charge is -2.14. The smallest absolute Gasteiger partial charge is 0.254 e. The minimum Gasteiger partial charge on any atom is -0.254 e. The van der Waals surface area contributed by atoms with E-state index in [2.05, 4.69) is 4.85 Å². The van der Waals surface area contributed by atoms with E-state index >= 15 is 0 Å². The first-order valence-electron chi connectivity index (χ1n) is 5.86. The number of halogens is 1. The summed E-state index contributed by atoms with van der Waals surface area (Å²) in [5.41, 5.74) is 0.673. The van der Waals surface area contributed by atoms with Gasteiger partial charge in [0.05, 0.1) is 10.5 Å². The molecule has 0 aliphatic carbocycles. The third-order valence-corrected chi connectivity index (χ3v) is 4.89. The van der Waals surface area contributed by atoms with Gasteiger partial charge in [-0.1, -0.05) is 35.9 Å². The maximum absolute atomic E-state index is 14.9. The van der Waals surface area contributed by atoms with Crippen LogP contribution in [0.25, 0.3) is 4.85 Å². The standard InChI is InChI=1S/C15H12FNO2S/c1-12-8-10-14(11-9-12)20(18,19)15(16,17-2)13-6-4-3-5-7-13/h3-11H,1H3. The van der Waals surface area contributed by atoms with Crippen LogP contribution in [0.1, 0.15) is 11.1 Å². The summed E-state index contributed by atoms with van der Waals surface area (Å²) in [5, 5.41) is -3.11. The molecular formula is C15H12FNO2S. The summed E-state index contributed by atoms with van der Waals surface area (Å²) in [5.74, 6) is 0. The zero-order valence-electron chi connectivity index (χ0n) is 10.7. The Labute approximate surface area is 117 Å². The first-order chi connectivity index (χ1) is 9.41. The minimum atomic E-state index is -4.44. The molecule has 2 aromatic rings. The van der Waals surface area contributed by atoms with Gasteiger partial charge in [0, 0.05) is 0 Å². The van der Waals surface area contributed by atoms with Crippen LogP contribution in [0.15, 0.2) is 59.5 Å². The van der Waals surface area contributed by atoms with Gasteiger partial charge in [-0.15, -0.1) is 4.39 Å². The van der Waals surface area contributed by atoms with Crippen LogP contribution in [0.2, 0.25) is 0 Å². The van der Waals surface area contributed by atoms with E-state index in [1.54, 1.807) is 25.1 Å². The number of hydrogen-bond acceptors (Lipinski definition) is 2. The number of nitrogens with zero attached hydrogens (tertiary/aromatic N) is 1. The largest absolute Gasteiger partial charge is 0.503 e. The third-order valence-electron chi connectivity index (χ3n) is 2.96. The van der Waals surface area contributed by atoms with E-state index in [0.29, 0.717) is 0 Å². The molecule has 5 heteroatoms. The van der Waals surface area contributed by atoms with Crippen molar-refractivity contribution in [3.05, 3.63) is 77.1 Å². The molecule has 0 N–H and O–H groups in total. The molecule has 0 spiro atoms. The molecule has 0 radical (unpaired) electrons. The van der Waals surface area contributed by atoms with Crippen molar-refractivity contribution in [1.82, 2.24) is 0 Å². The number of rotatable bonds is 3. The molecule has 0 heterocycles. The number of aryl methyl sites for hydroxylation is 1. The molecule has 3 nitrogen and oxygen atoms in total. The second-order valence-electron chi connectivity index (χ2n) is 4.36. The van der Waals surface area contributed by atoms with Gasteiger partial charge in [0.2, 0.25) is 0 Å². The molecule has 20 heavy (non-hydrogen) atoms. The molecule has 0 bridgehead atoms. The number of alkyl halides is 1. The molecule has 0 saturated carbocycles. The average molecular weight is 289 g/mol. The van der Waals surface area contributed by atoms with Crippen LogP contribution in [0.5, 0.6) is 0 Å². The SMILES string of the molecule is [C-]#[N+]C(F)(c1ccccc1)S(=O)(=O)c1ccc(C)cc1. The molecule has 0 aromatic heterocycles. The Morgan fingerprint density at radius 2 is 1.60 bits per heavy atom. The number of sulfone groups is 1. The molecule has 0 saturated heterocycles. The Hall–Kier alpha value is -2.19. The zero-order chi connectivity index (χ0) is 14.8. The Kier molecular flexibility index (Phi) is 3.60. The van der Waals surface area contributed by atoms with E-state index in [0.717, 1.165) is 5.56 Å². The Morgan fingerprint density at radius 1 is 1.05 bits per heavy atom. The fraction of sp³-hybridized carbons (Fsp3) is 0.133. The monoisotopic (exact) mass is 289 g/mol. The van der Waals surface area contributed by atoms with Gasteiger partial charge in [0.25, 0.3) is 9.84 Å². The fourth-order valence-electron chi connectivity index (χ4n) is 1.80. The second-order valence-corrected chi connectivity index (χ2v) is 6.37. The van der Waals surface area contributed by atoms with Crippen molar-refractivity contribution in [2.75, 3.05) is 0 Å². The highest BCUT2D eigenvalue weighted by atomic mass is 32.2. The van der Waals surface area contributed by atoms with Gasteiger partial charge in [0.1, 0.15) is 0 Å².